The SMILES string of the molecule is CN1C(=O)Cc2ccnnc21. The molecular formula is C7H7N3O. The van der Waals surface area contributed by atoms with Crippen LogP contribution in [0.2, 0.25) is 0 Å². The smallest absolute Gasteiger partial charge is 0.232 e. The minimum Gasteiger partial charge on any atom is -0.298 e. The van der Waals surface area contributed by atoms with E-state index in [1.807, 2.05) is 6.07 Å². The average molecular weight is 149 g/mol. The predicted molar refractivity (Wildman–Crippen MR) is 39.1 cm³/mol. The van der Waals surface area contributed by atoms with Crippen LogP contribution in [0.4, 0.5) is 5.82 Å². The number of hydrogen-bond donors (Lipinski definition) is 0. The van der Waals surface area contributed by atoms with Crippen molar-refractivity contribution in [1.82, 2.24) is 10.2 Å². The molecule has 1 aliphatic rings. The number of rotatable bonds is 0. The third-order valence-corrected chi connectivity index (χ3v) is 1.82. The topological polar surface area (TPSA) is 46.1 Å². The first-order valence-electron chi connectivity index (χ1n) is 3.36. The maximum absolute atomic E-state index is 11.1. The van der Waals surface area contributed by atoms with E-state index in [1.54, 1.807) is 13.2 Å². The fourth-order valence-corrected chi connectivity index (χ4v) is 1.17. The van der Waals surface area contributed by atoms with E-state index in [-0.39, 0.29) is 5.91 Å². The van der Waals surface area contributed by atoms with Crippen LogP contribution < -0.4 is 4.90 Å². The number of nitrogens with zero attached hydrogens (tertiary/aromatic N) is 3. The van der Waals surface area contributed by atoms with Crippen LogP contribution in [0.3, 0.4) is 0 Å². The van der Waals surface area contributed by atoms with Crippen LogP contribution in [-0.4, -0.2) is 23.2 Å². The third-order valence-electron chi connectivity index (χ3n) is 1.82. The number of carbonyl (C=O) groups excluding carboxylic acids is 1. The summed E-state index contributed by atoms with van der Waals surface area (Å²) in [5.41, 5.74) is 0.965. The van der Waals surface area contributed by atoms with Crippen LogP contribution in [-0.2, 0) is 11.2 Å². The third kappa shape index (κ3) is 0.790. The maximum atomic E-state index is 11.1. The lowest BCUT2D eigenvalue weighted by Gasteiger charge is -2.05. The van der Waals surface area contributed by atoms with E-state index in [0.29, 0.717) is 12.2 Å². The molecule has 4 nitrogen and oxygen atoms in total. The molecule has 1 aromatic heterocycles. The fraction of sp³-hybridized carbons (Fsp3) is 0.286. The van der Waals surface area contributed by atoms with Gasteiger partial charge in [-0.2, -0.15) is 5.10 Å². The van der Waals surface area contributed by atoms with Crippen molar-refractivity contribution in [2.24, 2.45) is 0 Å². The Balaban J connectivity index is 2.55. The Morgan fingerprint density at radius 2 is 2.45 bits per heavy atom. The van der Waals surface area contributed by atoms with E-state index in [1.165, 1.54) is 4.90 Å². The molecule has 1 amide bonds. The van der Waals surface area contributed by atoms with Crippen molar-refractivity contribution in [2.45, 2.75) is 6.42 Å². The Labute approximate surface area is 63.8 Å². The average Bonchev–Trinajstić information content (AvgIpc) is 2.30. The second kappa shape index (κ2) is 2.02. The zero-order valence-electron chi connectivity index (χ0n) is 6.11. The summed E-state index contributed by atoms with van der Waals surface area (Å²) in [5, 5.41) is 7.54. The van der Waals surface area contributed by atoms with E-state index in [4.69, 9.17) is 0 Å². The number of anilines is 1. The number of fused-ring (bicyclic) bond motifs is 1. The summed E-state index contributed by atoms with van der Waals surface area (Å²) in [5.74, 6) is 0.776. The molecule has 0 bridgehead atoms. The normalized spacial score (nSPS) is 15.4. The van der Waals surface area contributed by atoms with Gasteiger partial charge in [0.15, 0.2) is 5.82 Å². The Hall–Kier alpha value is -1.45. The Morgan fingerprint density at radius 1 is 1.64 bits per heavy atom. The molecule has 1 aliphatic heterocycles. The molecule has 1 aromatic rings. The molecule has 11 heavy (non-hydrogen) atoms. The zero-order chi connectivity index (χ0) is 7.84. The summed E-state index contributed by atoms with van der Waals surface area (Å²) in [7, 11) is 1.71. The lowest BCUT2D eigenvalue weighted by Crippen LogP contribution is -2.21. The molecule has 0 saturated carbocycles. The van der Waals surface area contributed by atoms with Crippen LogP contribution in [0.1, 0.15) is 5.56 Å². The van der Waals surface area contributed by atoms with Gasteiger partial charge in [0.1, 0.15) is 0 Å². The molecule has 2 rings (SSSR count). The van der Waals surface area contributed by atoms with Gasteiger partial charge in [-0.15, -0.1) is 5.10 Å². The molecular weight excluding hydrogens is 142 g/mol. The molecule has 2 heterocycles. The van der Waals surface area contributed by atoms with Crippen molar-refractivity contribution in [3.63, 3.8) is 0 Å². The van der Waals surface area contributed by atoms with E-state index in [9.17, 15) is 4.79 Å². The zero-order valence-corrected chi connectivity index (χ0v) is 6.11. The number of carbonyl (C=O) groups is 1. The first-order chi connectivity index (χ1) is 5.29. The van der Waals surface area contributed by atoms with Crippen molar-refractivity contribution in [3.05, 3.63) is 17.8 Å². The number of aromatic nitrogens is 2. The summed E-state index contributed by atoms with van der Waals surface area (Å²) >= 11 is 0. The van der Waals surface area contributed by atoms with Crippen molar-refractivity contribution in [1.29, 1.82) is 0 Å². The first-order valence-corrected chi connectivity index (χ1v) is 3.36. The van der Waals surface area contributed by atoms with Gasteiger partial charge in [0.05, 0.1) is 12.6 Å². The number of likely N-dealkylation sites (N-methyl/N-ethyl adjacent to an activating group) is 1. The molecule has 0 fully saturated rings. The van der Waals surface area contributed by atoms with Crippen LogP contribution in [0.25, 0.3) is 0 Å². The molecule has 0 aromatic carbocycles. The predicted octanol–water partition coefficient (Wildman–Crippen LogP) is -0.00450. The lowest BCUT2D eigenvalue weighted by molar-refractivity contribution is -0.117. The summed E-state index contributed by atoms with van der Waals surface area (Å²) in [6.45, 7) is 0. The molecule has 0 aliphatic carbocycles. The minimum absolute atomic E-state index is 0.0838. The van der Waals surface area contributed by atoms with Crippen molar-refractivity contribution >= 4 is 11.7 Å². The van der Waals surface area contributed by atoms with Crippen molar-refractivity contribution in [3.8, 4) is 0 Å². The molecule has 0 unspecified atom stereocenters. The highest BCUT2D eigenvalue weighted by molar-refractivity contribution is 5.99. The highest BCUT2D eigenvalue weighted by atomic mass is 16.2. The number of hydrogen-bond acceptors (Lipinski definition) is 3. The van der Waals surface area contributed by atoms with Crippen molar-refractivity contribution in [2.75, 3.05) is 11.9 Å². The molecule has 56 valence electrons. The quantitative estimate of drug-likeness (QED) is 0.521. The van der Waals surface area contributed by atoms with E-state index in [2.05, 4.69) is 10.2 Å². The van der Waals surface area contributed by atoms with E-state index >= 15 is 0 Å². The Kier molecular flexibility index (Phi) is 1.15. The molecule has 0 saturated heterocycles. The minimum atomic E-state index is 0.0838. The van der Waals surface area contributed by atoms with Crippen molar-refractivity contribution < 1.29 is 4.79 Å². The second-order valence-corrected chi connectivity index (χ2v) is 2.51. The van der Waals surface area contributed by atoms with Gasteiger partial charge in [-0.25, -0.2) is 0 Å². The molecule has 0 N–H and O–H groups in total. The summed E-state index contributed by atoms with van der Waals surface area (Å²) in [6.07, 6.45) is 2.06. The van der Waals surface area contributed by atoms with Gasteiger partial charge < -0.3 is 0 Å². The van der Waals surface area contributed by atoms with Crippen LogP contribution >= 0.6 is 0 Å². The Bertz CT molecular complexity index is 310. The monoisotopic (exact) mass is 149 g/mol. The number of amides is 1. The fourth-order valence-electron chi connectivity index (χ4n) is 1.17. The summed E-state index contributed by atoms with van der Waals surface area (Å²) in [4.78, 5) is 12.6. The van der Waals surface area contributed by atoms with Gasteiger partial charge in [-0.05, 0) is 6.07 Å². The van der Waals surface area contributed by atoms with Crippen LogP contribution in [0, 0.1) is 0 Å². The van der Waals surface area contributed by atoms with Gasteiger partial charge >= 0.3 is 0 Å². The molecule has 0 radical (unpaired) electrons. The highest BCUT2D eigenvalue weighted by Crippen LogP contribution is 2.22. The van der Waals surface area contributed by atoms with Gasteiger partial charge in [0.2, 0.25) is 5.91 Å². The summed E-state index contributed by atoms with van der Waals surface area (Å²) < 4.78 is 0. The second-order valence-electron chi connectivity index (χ2n) is 2.51. The van der Waals surface area contributed by atoms with E-state index < -0.39 is 0 Å². The van der Waals surface area contributed by atoms with Gasteiger partial charge in [-0.1, -0.05) is 0 Å². The van der Waals surface area contributed by atoms with Crippen LogP contribution in [0.5, 0.6) is 0 Å². The maximum Gasteiger partial charge on any atom is 0.232 e. The first kappa shape index (κ1) is 6.27. The largest absolute Gasteiger partial charge is 0.298 e. The molecule has 4 heteroatoms. The van der Waals surface area contributed by atoms with Gasteiger partial charge in [0, 0.05) is 12.6 Å². The standard InChI is InChI=1S/C7H7N3O/c1-10-6(11)4-5-2-3-8-9-7(5)10/h2-3H,4H2,1H3. The van der Waals surface area contributed by atoms with Crippen LogP contribution in [0.15, 0.2) is 12.3 Å². The highest BCUT2D eigenvalue weighted by Gasteiger charge is 2.24. The van der Waals surface area contributed by atoms with Gasteiger partial charge in [-0.3, -0.25) is 9.69 Å². The summed E-state index contributed by atoms with van der Waals surface area (Å²) in [6, 6.07) is 1.82. The van der Waals surface area contributed by atoms with Gasteiger partial charge in [0.25, 0.3) is 0 Å². The molecule has 0 spiro atoms. The Morgan fingerprint density at radius 3 is 3.18 bits per heavy atom. The molecule has 0 atom stereocenters. The lowest BCUT2D eigenvalue weighted by atomic mass is 10.2. The van der Waals surface area contributed by atoms with E-state index in [0.717, 1.165) is 5.56 Å².